The smallest absolute Gasteiger partial charge is 0.305 e. The third-order valence-electron chi connectivity index (χ3n) is 3.63. The maximum atomic E-state index is 12.2. The molecule has 1 unspecified atom stereocenters. The standard InChI is InChI=1S/C18H18N2O7/c1-26-15-7-2-3-8-16(15)27-11-17(21)19-14(10-18(22)23)12-5-4-6-13(9-12)20(24)25/h2-9,14H,10-11H2,1H3,(H,19,21)(H,22,23). The minimum absolute atomic E-state index is 0.192. The molecule has 2 N–H and O–H groups in total. The molecule has 27 heavy (non-hydrogen) atoms. The maximum Gasteiger partial charge on any atom is 0.305 e. The van der Waals surface area contributed by atoms with E-state index in [0.29, 0.717) is 17.1 Å². The molecule has 1 amide bonds. The molecule has 2 aromatic rings. The highest BCUT2D eigenvalue weighted by molar-refractivity contribution is 5.79. The van der Waals surface area contributed by atoms with Crippen LogP contribution in [0.2, 0.25) is 0 Å². The number of rotatable bonds is 9. The highest BCUT2D eigenvalue weighted by atomic mass is 16.6. The van der Waals surface area contributed by atoms with Crippen molar-refractivity contribution in [2.24, 2.45) is 0 Å². The van der Waals surface area contributed by atoms with Crippen molar-refractivity contribution in [2.75, 3.05) is 13.7 Å². The van der Waals surface area contributed by atoms with Gasteiger partial charge in [0.25, 0.3) is 11.6 Å². The van der Waals surface area contributed by atoms with Crippen LogP contribution in [0.5, 0.6) is 11.5 Å². The summed E-state index contributed by atoms with van der Waals surface area (Å²) >= 11 is 0. The topological polar surface area (TPSA) is 128 Å². The number of non-ortho nitro benzene ring substituents is 1. The van der Waals surface area contributed by atoms with Crippen LogP contribution < -0.4 is 14.8 Å². The van der Waals surface area contributed by atoms with Crippen molar-refractivity contribution in [3.8, 4) is 11.5 Å². The van der Waals surface area contributed by atoms with Crippen LogP contribution in [-0.2, 0) is 9.59 Å². The summed E-state index contributed by atoms with van der Waals surface area (Å²) in [5.41, 5.74) is 0.125. The second-order valence-corrected chi connectivity index (χ2v) is 5.51. The molecule has 0 aliphatic heterocycles. The van der Waals surface area contributed by atoms with Gasteiger partial charge in [-0.2, -0.15) is 0 Å². The zero-order valence-electron chi connectivity index (χ0n) is 14.5. The summed E-state index contributed by atoms with van der Waals surface area (Å²) in [6.45, 7) is -0.370. The molecule has 0 aliphatic carbocycles. The van der Waals surface area contributed by atoms with Crippen LogP contribution in [0.3, 0.4) is 0 Å². The monoisotopic (exact) mass is 374 g/mol. The number of nitro benzene ring substituents is 1. The summed E-state index contributed by atoms with van der Waals surface area (Å²) in [6, 6.07) is 11.3. The average molecular weight is 374 g/mol. The zero-order chi connectivity index (χ0) is 19.8. The number of amides is 1. The number of nitro groups is 1. The van der Waals surface area contributed by atoms with E-state index in [0.717, 1.165) is 0 Å². The van der Waals surface area contributed by atoms with Crippen LogP contribution in [0.15, 0.2) is 48.5 Å². The molecule has 0 fully saturated rings. The second-order valence-electron chi connectivity index (χ2n) is 5.51. The molecule has 2 rings (SSSR count). The summed E-state index contributed by atoms with van der Waals surface area (Å²) < 4.78 is 10.5. The molecule has 0 saturated heterocycles. The number of carbonyl (C=O) groups is 2. The number of carboxylic acids is 1. The van der Waals surface area contributed by atoms with Gasteiger partial charge in [-0.3, -0.25) is 19.7 Å². The van der Waals surface area contributed by atoms with Crippen molar-refractivity contribution in [3.63, 3.8) is 0 Å². The average Bonchev–Trinajstić information content (AvgIpc) is 2.65. The van der Waals surface area contributed by atoms with E-state index in [2.05, 4.69) is 5.32 Å². The summed E-state index contributed by atoms with van der Waals surface area (Å²) in [7, 11) is 1.47. The molecular weight excluding hydrogens is 356 g/mol. The number of aliphatic carboxylic acids is 1. The zero-order valence-corrected chi connectivity index (χ0v) is 14.5. The minimum Gasteiger partial charge on any atom is -0.493 e. The maximum absolute atomic E-state index is 12.2. The summed E-state index contributed by atoms with van der Waals surface area (Å²) in [5.74, 6) is -0.914. The van der Waals surface area contributed by atoms with E-state index in [1.54, 1.807) is 24.3 Å². The Balaban J connectivity index is 2.09. The number of carbonyl (C=O) groups excluding carboxylic acids is 1. The molecule has 1 atom stereocenters. The fraction of sp³-hybridized carbons (Fsp3) is 0.222. The summed E-state index contributed by atoms with van der Waals surface area (Å²) in [6.07, 6.45) is -0.429. The van der Waals surface area contributed by atoms with Crippen LogP contribution in [0, 0.1) is 10.1 Å². The minimum atomic E-state index is -1.16. The molecule has 9 nitrogen and oxygen atoms in total. The predicted molar refractivity (Wildman–Crippen MR) is 94.7 cm³/mol. The SMILES string of the molecule is COc1ccccc1OCC(=O)NC(CC(=O)O)c1cccc([N+](=O)[O-])c1. The summed E-state index contributed by atoms with van der Waals surface area (Å²) in [4.78, 5) is 33.6. The molecule has 0 bridgehead atoms. The van der Waals surface area contributed by atoms with Gasteiger partial charge in [-0.1, -0.05) is 24.3 Å². The first-order chi connectivity index (χ1) is 12.9. The largest absolute Gasteiger partial charge is 0.493 e. The number of hydrogen-bond donors (Lipinski definition) is 2. The van der Waals surface area contributed by atoms with Gasteiger partial charge in [-0.15, -0.1) is 0 Å². The van der Waals surface area contributed by atoms with Crippen molar-refractivity contribution in [1.29, 1.82) is 0 Å². The lowest BCUT2D eigenvalue weighted by Gasteiger charge is -2.18. The van der Waals surface area contributed by atoms with Crippen molar-refractivity contribution in [3.05, 3.63) is 64.2 Å². The van der Waals surface area contributed by atoms with E-state index in [4.69, 9.17) is 14.6 Å². The molecular formula is C18H18N2O7. The number of benzene rings is 2. The molecule has 0 saturated carbocycles. The second kappa shape index (κ2) is 9.18. The van der Waals surface area contributed by atoms with Gasteiger partial charge in [0.2, 0.25) is 0 Å². The fourth-order valence-electron chi connectivity index (χ4n) is 2.40. The van der Waals surface area contributed by atoms with Crippen LogP contribution in [0.1, 0.15) is 18.0 Å². The van der Waals surface area contributed by atoms with Gasteiger partial charge in [-0.25, -0.2) is 0 Å². The third-order valence-corrected chi connectivity index (χ3v) is 3.63. The first-order valence-electron chi connectivity index (χ1n) is 7.92. The van der Waals surface area contributed by atoms with Crippen molar-refractivity contribution < 1.29 is 29.1 Å². The molecule has 0 spiro atoms. The van der Waals surface area contributed by atoms with Crippen molar-refractivity contribution in [2.45, 2.75) is 12.5 Å². The highest BCUT2D eigenvalue weighted by Crippen LogP contribution is 2.26. The first kappa shape index (κ1) is 19.7. The number of ether oxygens (including phenoxy) is 2. The Bertz CT molecular complexity index is 838. The van der Waals surface area contributed by atoms with Crippen LogP contribution in [-0.4, -0.2) is 35.6 Å². The number of nitrogens with zero attached hydrogens (tertiary/aromatic N) is 1. The number of para-hydroxylation sites is 2. The Morgan fingerprint density at radius 1 is 1.19 bits per heavy atom. The Morgan fingerprint density at radius 3 is 2.52 bits per heavy atom. The van der Waals surface area contributed by atoms with E-state index in [-0.39, 0.29) is 12.3 Å². The lowest BCUT2D eigenvalue weighted by Crippen LogP contribution is -2.34. The van der Waals surface area contributed by atoms with E-state index >= 15 is 0 Å². The van der Waals surface area contributed by atoms with Crippen molar-refractivity contribution >= 4 is 17.6 Å². The van der Waals surface area contributed by atoms with Gasteiger partial charge in [0.15, 0.2) is 18.1 Å². The van der Waals surface area contributed by atoms with Gasteiger partial charge in [0.1, 0.15) is 0 Å². The van der Waals surface area contributed by atoms with Gasteiger partial charge < -0.3 is 19.9 Å². The van der Waals surface area contributed by atoms with E-state index < -0.39 is 29.3 Å². The van der Waals surface area contributed by atoms with E-state index in [1.807, 2.05) is 0 Å². The quantitative estimate of drug-likeness (QED) is 0.509. The van der Waals surface area contributed by atoms with Gasteiger partial charge in [0, 0.05) is 12.1 Å². The first-order valence-corrected chi connectivity index (χ1v) is 7.92. The Morgan fingerprint density at radius 2 is 1.89 bits per heavy atom. The third kappa shape index (κ3) is 5.70. The van der Waals surface area contributed by atoms with E-state index in [9.17, 15) is 19.7 Å². The van der Waals surface area contributed by atoms with Crippen LogP contribution >= 0.6 is 0 Å². The normalized spacial score (nSPS) is 11.3. The molecule has 0 aliphatic rings. The molecule has 0 aromatic heterocycles. The Labute approximate surface area is 154 Å². The van der Waals surface area contributed by atoms with Crippen LogP contribution in [0.25, 0.3) is 0 Å². The molecule has 2 aromatic carbocycles. The number of methoxy groups -OCH3 is 1. The van der Waals surface area contributed by atoms with Crippen molar-refractivity contribution in [1.82, 2.24) is 5.32 Å². The van der Waals surface area contributed by atoms with E-state index in [1.165, 1.54) is 31.4 Å². The lowest BCUT2D eigenvalue weighted by atomic mass is 10.0. The molecule has 9 heteroatoms. The van der Waals surface area contributed by atoms with Gasteiger partial charge >= 0.3 is 5.97 Å². The lowest BCUT2D eigenvalue weighted by molar-refractivity contribution is -0.384. The number of hydrogen-bond acceptors (Lipinski definition) is 6. The molecule has 142 valence electrons. The van der Waals surface area contributed by atoms with Gasteiger partial charge in [0.05, 0.1) is 24.5 Å². The fourth-order valence-corrected chi connectivity index (χ4v) is 2.40. The Kier molecular flexibility index (Phi) is 6.70. The van der Waals surface area contributed by atoms with Crippen LogP contribution in [0.4, 0.5) is 5.69 Å². The predicted octanol–water partition coefficient (Wildman–Crippen LogP) is 2.31. The Hall–Kier alpha value is -3.62. The highest BCUT2D eigenvalue weighted by Gasteiger charge is 2.20. The summed E-state index contributed by atoms with van der Waals surface area (Å²) in [5, 5.41) is 22.5. The number of nitrogens with one attached hydrogen (secondary N) is 1. The molecule has 0 radical (unpaired) electrons. The van der Waals surface area contributed by atoms with Gasteiger partial charge in [-0.05, 0) is 17.7 Å². The number of carboxylic acid groups (broad SMARTS) is 1. The molecule has 0 heterocycles.